The Bertz CT molecular complexity index is 1790. The van der Waals surface area contributed by atoms with Crippen molar-refractivity contribution in [2.45, 2.75) is 173 Å². The van der Waals surface area contributed by atoms with E-state index >= 15 is 0 Å². The summed E-state index contributed by atoms with van der Waals surface area (Å²) in [6.45, 7) is 11.9. The molecule has 2 N–H and O–H groups in total. The van der Waals surface area contributed by atoms with Crippen LogP contribution in [0.1, 0.15) is 118 Å². The van der Waals surface area contributed by atoms with E-state index < -0.39 is 77.8 Å². The molecule has 5 rings (SSSR count). The smallest absolute Gasteiger partial charge is 0.329 e. The number of nitrogens with zero attached hydrogens (tertiary/aromatic N) is 1. The highest BCUT2D eigenvalue weighted by atomic mass is 16.7. The minimum Gasteiger partial charge on any atom is -0.456 e. The second kappa shape index (κ2) is 24.6. The molecule has 1 saturated carbocycles. The summed E-state index contributed by atoms with van der Waals surface area (Å²) in [6.07, 6.45) is 4.58. The number of esters is 1. The molecule has 0 aromatic heterocycles. The van der Waals surface area contributed by atoms with E-state index in [1.165, 1.54) is 19.1 Å². The molecule has 3 aliphatic heterocycles. The summed E-state index contributed by atoms with van der Waals surface area (Å²) in [5.74, 6) is -7.50. The van der Waals surface area contributed by atoms with Gasteiger partial charge in [-0.15, -0.1) is 0 Å². The van der Waals surface area contributed by atoms with E-state index in [0.29, 0.717) is 57.1 Å². The van der Waals surface area contributed by atoms with Crippen molar-refractivity contribution in [3.63, 3.8) is 0 Å². The van der Waals surface area contributed by atoms with E-state index in [0.717, 1.165) is 17.6 Å². The number of rotatable bonds is 11. The van der Waals surface area contributed by atoms with Crippen molar-refractivity contribution in [3.8, 4) is 0 Å². The number of allylic oxidation sites excluding steroid dienone is 3. The fraction of sp³-hybridized carbons (Fsp3) is 0.725. The van der Waals surface area contributed by atoms with Gasteiger partial charge in [0, 0.05) is 52.0 Å². The number of ether oxygens (including phenoxy) is 7. The maximum absolute atomic E-state index is 14.5. The zero-order valence-corrected chi connectivity index (χ0v) is 40.3. The summed E-state index contributed by atoms with van der Waals surface area (Å²) in [7, 11) is 4.73. The summed E-state index contributed by atoms with van der Waals surface area (Å²) in [6, 6.07) is 8.74. The monoisotopic (exact) mass is 912 g/mol. The molecule has 65 heavy (non-hydrogen) atoms. The maximum Gasteiger partial charge on any atom is 0.329 e. The molecule has 14 atom stereocenters. The predicted molar refractivity (Wildman–Crippen MR) is 243 cm³/mol. The van der Waals surface area contributed by atoms with Gasteiger partial charge in [-0.05, 0) is 101 Å². The van der Waals surface area contributed by atoms with Gasteiger partial charge in [0.2, 0.25) is 5.79 Å². The third-order valence-electron chi connectivity index (χ3n) is 14.3. The van der Waals surface area contributed by atoms with Gasteiger partial charge in [0.05, 0.1) is 37.1 Å². The van der Waals surface area contributed by atoms with E-state index in [-0.39, 0.29) is 62.4 Å². The van der Waals surface area contributed by atoms with Gasteiger partial charge in [-0.3, -0.25) is 14.4 Å². The number of methoxy groups -OCH3 is 3. The molecule has 4 aliphatic rings. The third kappa shape index (κ3) is 13.4. The lowest BCUT2D eigenvalue weighted by atomic mass is 9.81. The molecule has 364 valence electrons. The van der Waals surface area contributed by atoms with Crippen LogP contribution in [0.5, 0.6) is 0 Å². The van der Waals surface area contributed by atoms with Crippen LogP contribution in [0.25, 0.3) is 0 Å². The van der Waals surface area contributed by atoms with Crippen LogP contribution in [-0.4, -0.2) is 128 Å². The van der Waals surface area contributed by atoms with Crippen molar-refractivity contribution < 1.29 is 62.5 Å². The fourth-order valence-electron chi connectivity index (χ4n) is 10.4. The Labute approximate surface area is 386 Å². The number of Topliss-reactive ketones (excluding diaryl/α,β-unsaturated/α-hetero) is 2. The van der Waals surface area contributed by atoms with Crippen LogP contribution >= 0.6 is 0 Å². The number of fused-ring (bicyclic) bond motifs is 3. The Morgan fingerprint density at radius 2 is 1.58 bits per heavy atom. The van der Waals surface area contributed by atoms with E-state index in [1.807, 2.05) is 57.2 Å². The highest BCUT2D eigenvalue weighted by molar-refractivity contribution is 6.39. The lowest BCUT2D eigenvalue weighted by molar-refractivity contribution is -0.302. The molecule has 1 aromatic rings. The molecule has 14 unspecified atom stereocenters. The summed E-state index contributed by atoms with van der Waals surface area (Å²) in [4.78, 5) is 58.3. The summed E-state index contributed by atoms with van der Waals surface area (Å²) < 4.78 is 42.3. The van der Waals surface area contributed by atoms with Gasteiger partial charge in [-0.1, -0.05) is 75.8 Å². The van der Waals surface area contributed by atoms with Gasteiger partial charge in [-0.2, -0.15) is 0 Å². The second-order valence-corrected chi connectivity index (χ2v) is 19.2. The van der Waals surface area contributed by atoms with Crippen LogP contribution in [0.4, 0.5) is 0 Å². The largest absolute Gasteiger partial charge is 0.456 e. The van der Waals surface area contributed by atoms with E-state index in [1.54, 1.807) is 21.0 Å². The molecule has 3 heterocycles. The molecule has 2 bridgehead atoms. The number of cyclic esters (lactones) is 1. The summed E-state index contributed by atoms with van der Waals surface area (Å²) in [5.41, 5.74) is 2.74. The molecule has 1 aromatic carbocycles. The Morgan fingerprint density at radius 1 is 0.892 bits per heavy atom. The number of piperidine rings is 1. The fourth-order valence-corrected chi connectivity index (χ4v) is 10.4. The lowest BCUT2D eigenvalue weighted by Gasteiger charge is -2.47. The number of hydrogen-bond acceptors (Lipinski definition) is 13. The molecule has 2 saturated heterocycles. The Kier molecular flexibility index (Phi) is 19.9. The van der Waals surface area contributed by atoms with Crippen molar-refractivity contribution in [2.75, 3.05) is 34.7 Å². The van der Waals surface area contributed by atoms with E-state index in [4.69, 9.17) is 33.2 Å². The topological polar surface area (TPSA) is 177 Å². The van der Waals surface area contributed by atoms with E-state index in [9.17, 15) is 29.4 Å². The van der Waals surface area contributed by atoms with Crippen molar-refractivity contribution in [1.82, 2.24) is 4.90 Å². The molecule has 0 spiro atoms. The molecule has 1 amide bonds. The number of aliphatic hydroxyl groups is 2. The average molecular weight is 912 g/mol. The van der Waals surface area contributed by atoms with Crippen LogP contribution in [0, 0.1) is 29.6 Å². The maximum atomic E-state index is 14.5. The Morgan fingerprint density at radius 3 is 2.26 bits per heavy atom. The Hall–Kier alpha value is -3.34. The van der Waals surface area contributed by atoms with Crippen LogP contribution in [0.15, 0.2) is 53.6 Å². The zero-order valence-electron chi connectivity index (χ0n) is 40.3. The predicted octanol–water partition coefficient (Wildman–Crippen LogP) is 6.67. The molecule has 1 aliphatic carbocycles. The van der Waals surface area contributed by atoms with Crippen molar-refractivity contribution in [1.29, 1.82) is 0 Å². The number of carbonyl (C=O) groups excluding carboxylic acids is 4. The quantitative estimate of drug-likeness (QED) is 0.0792. The van der Waals surface area contributed by atoms with Gasteiger partial charge in [0.25, 0.3) is 11.7 Å². The molecule has 3 fully saturated rings. The standard InChI is InChI=1S/C51H77NO13/c1-10-38-23-31(2)22-32(3)24-44(60-8)47-45(61-9)26-34(5)51(58,65-47)48(55)49(56)52-21-15-14-18-39(52)50(57)64-46(35(6)40(53)28-41(38)54)33(4)25-37-19-20-42(43(27-37)59-7)63-30-62-29-36-16-12-11-13-17-36/h11-13,16-17,23,25,32,34-35,37-40,42-47,53,58H,10,14-15,18-22,24,26-30H2,1-9H3. The molecule has 14 heteroatoms. The average Bonchev–Trinajstić information content (AvgIpc) is 3.30. The number of benzene rings is 1. The first-order valence-electron chi connectivity index (χ1n) is 23.9. The molecule has 14 nitrogen and oxygen atoms in total. The van der Waals surface area contributed by atoms with Gasteiger partial charge in [0.15, 0.2) is 0 Å². The number of aliphatic hydroxyl groups excluding tert-OH is 1. The van der Waals surface area contributed by atoms with Crippen molar-refractivity contribution in [3.05, 3.63) is 59.2 Å². The number of ketones is 2. The van der Waals surface area contributed by atoms with E-state index in [2.05, 4.69) is 13.0 Å². The second-order valence-electron chi connectivity index (χ2n) is 19.2. The highest BCUT2D eigenvalue weighted by Crippen LogP contribution is 2.39. The number of amides is 1. The molecular weight excluding hydrogens is 835 g/mol. The van der Waals surface area contributed by atoms with Crippen LogP contribution < -0.4 is 0 Å². The minimum atomic E-state index is -2.51. The van der Waals surface area contributed by atoms with Gasteiger partial charge < -0.3 is 48.3 Å². The van der Waals surface area contributed by atoms with Crippen LogP contribution in [0.2, 0.25) is 0 Å². The third-order valence-corrected chi connectivity index (χ3v) is 14.3. The zero-order chi connectivity index (χ0) is 47.4. The van der Waals surface area contributed by atoms with Crippen molar-refractivity contribution >= 4 is 23.4 Å². The van der Waals surface area contributed by atoms with Crippen LogP contribution in [0.3, 0.4) is 0 Å². The van der Waals surface area contributed by atoms with Crippen molar-refractivity contribution in [2.24, 2.45) is 29.6 Å². The van der Waals surface area contributed by atoms with Gasteiger partial charge in [-0.25, -0.2) is 4.79 Å². The van der Waals surface area contributed by atoms with Crippen LogP contribution in [-0.2, 0) is 58.9 Å². The molecular formula is C51H77NO13. The normalized spacial score (nSPS) is 36.6. The lowest BCUT2D eigenvalue weighted by Crippen LogP contribution is -2.64. The summed E-state index contributed by atoms with van der Waals surface area (Å²) in [5, 5.41) is 23.9. The first-order valence-corrected chi connectivity index (χ1v) is 23.9. The SMILES string of the molecule is CCC1C=C(C)CC(C)CC(OC)C2OC(O)(C(=O)C(=O)N3CCCCC3C(=O)OC(C(C)=CC3CCC(OCOCc4ccccc4)C(OC)C3)C(C)C(O)CC1=O)C(C)CC2OC. The number of carbonyl (C=O) groups is 4. The first kappa shape index (κ1) is 52.6. The minimum absolute atomic E-state index is 0.0164. The van der Waals surface area contributed by atoms with Gasteiger partial charge >= 0.3 is 5.97 Å². The first-order chi connectivity index (χ1) is 31.0. The van der Waals surface area contributed by atoms with Gasteiger partial charge in [0.1, 0.15) is 30.8 Å². The molecule has 0 radical (unpaired) electrons. The highest BCUT2D eigenvalue weighted by Gasteiger charge is 2.56. The summed E-state index contributed by atoms with van der Waals surface area (Å²) >= 11 is 0. The Balaban J connectivity index is 1.43. The number of hydrogen-bond donors (Lipinski definition) is 2.